The van der Waals surface area contributed by atoms with Gasteiger partial charge in [-0.25, -0.2) is 0 Å². The number of pyridine rings is 1. The minimum Gasteiger partial charge on any atom is -0.299 e. The fraction of sp³-hybridized carbons (Fsp3) is 0.600. The number of carbonyl (C=O) groups is 1. The van der Waals surface area contributed by atoms with E-state index in [1.165, 1.54) is 12.8 Å². The summed E-state index contributed by atoms with van der Waals surface area (Å²) in [5, 5.41) is 0. The molecule has 0 amide bonds. The number of aryl methyl sites for hydroxylation is 1. The molecule has 0 spiro atoms. The third kappa shape index (κ3) is 2.56. The van der Waals surface area contributed by atoms with E-state index in [0.29, 0.717) is 12.2 Å². The van der Waals surface area contributed by atoms with Crippen molar-refractivity contribution in [3.05, 3.63) is 29.6 Å². The summed E-state index contributed by atoms with van der Waals surface area (Å²) in [4.78, 5) is 16.7. The first-order valence-corrected chi connectivity index (χ1v) is 6.61. The van der Waals surface area contributed by atoms with Crippen LogP contribution in [0.2, 0.25) is 0 Å². The number of hydrogen-bond acceptors (Lipinski definition) is 2. The molecule has 0 aromatic carbocycles. The van der Waals surface area contributed by atoms with Crippen molar-refractivity contribution in [2.75, 3.05) is 0 Å². The van der Waals surface area contributed by atoms with Crippen molar-refractivity contribution >= 4 is 5.78 Å². The minimum absolute atomic E-state index is 0.0352. The van der Waals surface area contributed by atoms with Crippen molar-refractivity contribution < 1.29 is 4.79 Å². The molecule has 0 saturated heterocycles. The van der Waals surface area contributed by atoms with E-state index in [1.807, 2.05) is 25.3 Å². The standard InChI is InChI=1S/C15H21NO/c1-3-15(8-4-5-9-15)14(17)10-13-7-6-12(2)11-16-13/h6-7,11H,3-5,8-10H2,1-2H3. The Labute approximate surface area is 103 Å². The van der Waals surface area contributed by atoms with E-state index in [2.05, 4.69) is 11.9 Å². The van der Waals surface area contributed by atoms with Gasteiger partial charge in [-0.1, -0.05) is 25.8 Å². The molecule has 1 aromatic rings. The number of nitrogens with zero attached hydrogens (tertiary/aromatic N) is 1. The van der Waals surface area contributed by atoms with Crippen molar-refractivity contribution in [1.82, 2.24) is 4.98 Å². The molecular formula is C15H21NO. The van der Waals surface area contributed by atoms with Crippen LogP contribution in [-0.4, -0.2) is 10.8 Å². The second-order valence-electron chi connectivity index (χ2n) is 5.27. The summed E-state index contributed by atoms with van der Waals surface area (Å²) in [5.74, 6) is 0.397. The lowest BCUT2D eigenvalue weighted by atomic mass is 9.77. The molecule has 0 radical (unpaired) electrons. The molecule has 2 heteroatoms. The maximum Gasteiger partial charge on any atom is 0.144 e. The summed E-state index contributed by atoms with van der Waals surface area (Å²) >= 11 is 0. The first-order valence-electron chi connectivity index (χ1n) is 6.61. The molecule has 0 unspecified atom stereocenters. The topological polar surface area (TPSA) is 30.0 Å². The Morgan fingerprint density at radius 1 is 1.35 bits per heavy atom. The fourth-order valence-electron chi connectivity index (χ4n) is 2.84. The Morgan fingerprint density at radius 2 is 2.06 bits per heavy atom. The van der Waals surface area contributed by atoms with Gasteiger partial charge < -0.3 is 0 Å². The van der Waals surface area contributed by atoms with Crippen LogP contribution in [0, 0.1) is 12.3 Å². The van der Waals surface area contributed by atoms with Gasteiger partial charge in [-0.2, -0.15) is 0 Å². The summed E-state index contributed by atoms with van der Waals surface area (Å²) < 4.78 is 0. The molecule has 1 heterocycles. The molecule has 17 heavy (non-hydrogen) atoms. The van der Waals surface area contributed by atoms with Crippen LogP contribution in [0.1, 0.15) is 50.3 Å². The molecule has 0 atom stereocenters. The van der Waals surface area contributed by atoms with Crippen LogP contribution in [0.25, 0.3) is 0 Å². The van der Waals surface area contributed by atoms with E-state index in [-0.39, 0.29) is 5.41 Å². The van der Waals surface area contributed by atoms with Gasteiger partial charge >= 0.3 is 0 Å². The van der Waals surface area contributed by atoms with Crippen molar-refractivity contribution in [2.45, 2.75) is 52.4 Å². The lowest BCUT2D eigenvalue weighted by Crippen LogP contribution is -2.29. The highest BCUT2D eigenvalue weighted by molar-refractivity contribution is 5.86. The quantitative estimate of drug-likeness (QED) is 0.794. The van der Waals surface area contributed by atoms with E-state index >= 15 is 0 Å². The monoisotopic (exact) mass is 231 g/mol. The van der Waals surface area contributed by atoms with Gasteiger partial charge in [0.25, 0.3) is 0 Å². The second-order valence-corrected chi connectivity index (χ2v) is 5.27. The number of Topliss-reactive ketones (excluding diaryl/α,β-unsaturated/α-hetero) is 1. The minimum atomic E-state index is -0.0352. The van der Waals surface area contributed by atoms with Crippen LogP contribution in [0.3, 0.4) is 0 Å². The molecule has 1 fully saturated rings. The van der Waals surface area contributed by atoms with Gasteiger partial charge in [-0.05, 0) is 37.8 Å². The van der Waals surface area contributed by atoms with Crippen LogP contribution < -0.4 is 0 Å². The van der Waals surface area contributed by atoms with Gasteiger partial charge in [0.1, 0.15) is 5.78 Å². The molecule has 1 saturated carbocycles. The summed E-state index contributed by atoms with van der Waals surface area (Å²) in [6.07, 6.45) is 7.91. The van der Waals surface area contributed by atoms with Gasteiger partial charge in [0, 0.05) is 23.7 Å². The van der Waals surface area contributed by atoms with Crippen LogP contribution in [0.15, 0.2) is 18.3 Å². The van der Waals surface area contributed by atoms with E-state index in [9.17, 15) is 4.79 Å². The number of aromatic nitrogens is 1. The first-order chi connectivity index (χ1) is 8.16. The van der Waals surface area contributed by atoms with Gasteiger partial charge in [-0.3, -0.25) is 9.78 Å². The van der Waals surface area contributed by atoms with E-state index < -0.39 is 0 Å². The molecule has 0 N–H and O–H groups in total. The zero-order chi connectivity index (χ0) is 12.3. The maximum absolute atomic E-state index is 12.4. The predicted molar refractivity (Wildman–Crippen MR) is 68.9 cm³/mol. The van der Waals surface area contributed by atoms with Gasteiger partial charge in [0.15, 0.2) is 0 Å². The van der Waals surface area contributed by atoms with Crippen molar-refractivity contribution in [1.29, 1.82) is 0 Å². The molecule has 1 aliphatic carbocycles. The van der Waals surface area contributed by atoms with Gasteiger partial charge in [0.05, 0.1) is 0 Å². The summed E-state index contributed by atoms with van der Waals surface area (Å²) in [5.41, 5.74) is 2.03. The van der Waals surface area contributed by atoms with E-state index in [4.69, 9.17) is 0 Å². The van der Waals surface area contributed by atoms with Crippen molar-refractivity contribution in [3.63, 3.8) is 0 Å². The number of rotatable bonds is 4. The maximum atomic E-state index is 12.4. The average Bonchev–Trinajstić information content (AvgIpc) is 2.82. The molecule has 1 aliphatic rings. The predicted octanol–water partition coefficient (Wildman–Crippen LogP) is 3.47. The second kappa shape index (κ2) is 4.99. The molecule has 2 nitrogen and oxygen atoms in total. The largest absolute Gasteiger partial charge is 0.299 e. The van der Waals surface area contributed by atoms with Crippen molar-refractivity contribution in [2.24, 2.45) is 5.41 Å². The highest BCUT2D eigenvalue weighted by Crippen LogP contribution is 2.42. The summed E-state index contributed by atoms with van der Waals surface area (Å²) in [6.45, 7) is 4.16. The Morgan fingerprint density at radius 3 is 2.59 bits per heavy atom. The lowest BCUT2D eigenvalue weighted by Gasteiger charge is -2.25. The highest BCUT2D eigenvalue weighted by atomic mass is 16.1. The van der Waals surface area contributed by atoms with Gasteiger partial charge in [-0.15, -0.1) is 0 Å². The number of ketones is 1. The van der Waals surface area contributed by atoms with E-state index in [1.54, 1.807) is 0 Å². The number of hydrogen-bond donors (Lipinski definition) is 0. The molecular weight excluding hydrogens is 210 g/mol. The Hall–Kier alpha value is -1.18. The molecule has 92 valence electrons. The third-order valence-electron chi connectivity index (χ3n) is 4.14. The van der Waals surface area contributed by atoms with Crippen LogP contribution >= 0.6 is 0 Å². The Bertz CT molecular complexity index is 388. The fourth-order valence-corrected chi connectivity index (χ4v) is 2.84. The Kier molecular flexibility index (Phi) is 3.60. The smallest absolute Gasteiger partial charge is 0.144 e. The lowest BCUT2D eigenvalue weighted by molar-refractivity contribution is -0.128. The van der Waals surface area contributed by atoms with Crippen molar-refractivity contribution in [3.8, 4) is 0 Å². The van der Waals surface area contributed by atoms with E-state index in [0.717, 1.165) is 30.5 Å². The molecule has 1 aromatic heterocycles. The number of carbonyl (C=O) groups excluding carboxylic acids is 1. The van der Waals surface area contributed by atoms with Crippen LogP contribution in [0.4, 0.5) is 0 Å². The molecule has 2 rings (SSSR count). The van der Waals surface area contributed by atoms with Crippen LogP contribution in [0.5, 0.6) is 0 Å². The summed E-state index contributed by atoms with van der Waals surface area (Å²) in [6, 6.07) is 4.01. The average molecular weight is 231 g/mol. The normalized spacial score (nSPS) is 18.2. The Balaban J connectivity index is 2.08. The third-order valence-corrected chi connectivity index (χ3v) is 4.14. The van der Waals surface area contributed by atoms with Crippen LogP contribution in [-0.2, 0) is 11.2 Å². The zero-order valence-electron chi connectivity index (χ0n) is 10.8. The summed E-state index contributed by atoms with van der Waals surface area (Å²) in [7, 11) is 0. The van der Waals surface area contributed by atoms with Gasteiger partial charge in [0.2, 0.25) is 0 Å². The molecule has 0 bridgehead atoms. The first kappa shape index (κ1) is 12.3. The highest BCUT2D eigenvalue weighted by Gasteiger charge is 2.38. The molecule has 0 aliphatic heterocycles. The SMILES string of the molecule is CCC1(C(=O)Cc2ccc(C)cn2)CCCC1. The zero-order valence-corrected chi connectivity index (χ0v) is 10.8.